The molecule has 0 bridgehead atoms. The minimum Gasteiger partial charge on any atom is -0.481 e. The highest BCUT2D eigenvalue weighted by Gasteiger charge is 2.08. The van der Waals surface area contributed by atoms with Crippen LogP contribution in [-0.2, 0) is 6.54 Å². The van der Waals surface area contributed by atoms with E-state index in [4.69, 9.17) is 10.5 Å². The molecule has 0 unspecified atom stereocenters. The Morgan fingerprint density at radius 3 is 2.84 bits per heavy atom. The summed E-state index contributed by atoms with van der Waals surface area (Å²) >= 11 is 0. The van der Waals surface area contributed by atoms with Crippen LogP contribution >= 0.6 is 0 Å². The highest BCUT2D eigenvalue weighted by atomic mass is 16.5. The van der Waals surface area contributed by atoms with E-state index in [1.165, 1.54) is 0 Å². The van der Waals surface area contributed by atoms with Crippen molar-refractivity contribution in [2.75, 3.05) is 31.3 Å². The molecule has 2 aromatic heterocycles. The molecule has 0 atom stereocenters. The first-order chi connectivity index (χ1) is 9.10. The summed E-state index contributed by atoms with van der Waals surface area (Å²) in [5, 5.41) is 0. The van der Waals surface area contributed by atoms with E-state index >= 15 is 0 Å². The molecule has 2 N–H and O–H groups in total. The number of imidazole rings is 1. The summed E-state index contributed by atoms with van der Waals surface area (Å²) in [5.74, 6) is 2.41. The lowest BCUT2D eigenvalue weighted by atomic mass is 10.4. The van der Waals surface area contributed by atoms with Crippen LogP contribution in [-0.4, -0.2) is 40.2 Å². The molecule has 0 fully saturated rings. The van der Waals surface area contributed by atoms with Gasteiger partial charge in [0, 0.05) is 38.6 Å². The number of hydrogen-bond acceptors (Lipinski definition) is 6. The molecular formula is C12H18N6O. The number of hydrogen-bond donors (Lipinski definition) is 1. The van der Waals surface area contributed by atoms with Crippen LogP contribution in [0.25, 0.3) is 0 Å². The van der Waals surface area contributed by atoms with Crippen molar-refractivity contribution in [2.45, 2.75) is 13.5 Å². The Kier molecular flexibility index (Phi) is 3.84. The number of ether oxygens (including phenoxy) is 1. The van der Waals surface area contributed by atoms with Gasteiger partial charge in [-0.2, -0.15) is 9.97 Å². The van der Waals surface area contributed by atoms with Crippen LogP contribution in [0.3, 0.4) is 0 Å². The maximum absolute atomic E-state index is 5.64. The van der Waals surface area contributed by atoms with Gasteiger partial charge in [0.15, 0.2) is 0 Å². The Labute approximate surface area is 112 Å². The normalized spacial score (nSPS) is 10.5. The maximum Gasteiger partial charge on any atom is 0.225 e. The molecule has 0 aromatic carbocycles. The topological polar surface area (TPSA) is 82.1 Å². The van der Waals surface area contributed by atoms with Gasteiger partial charge in [0.1, 0.15) is 11.6 Å². The zero-order valence-electron chi connectivity index (χ0n) is 11.4. The SMILES string of the molecule is COc1cc(N(C)CCn2ccnc2C)nc(N)n1. The van der Waals surface area contributed by atoms with Crippen LogP contribution in [0.2, 0.25) is 0 Å². The van der Waals surface area contributed by atoms with E-state index in [1.807, 2.05) is 25.1 Å². The summed E-state index contributed by atoms with van der Waals surface area (Å²) in [6, 6.07) is 1.76. The first-order valence-corrected chi connectivity index (χ1v) is 5.97. The average molecular weight is 262 g/mol. The molecule has 0 aliphatic rings. The Bertz CT molecular complexity index is 553. The maximum atomic E-state index is 5.64. The Hall–Kier alpha value is -2.31. The van der Waals surface area contributed by atoms with E-state index in [2.05, 4.69) is 19.5 Å². The zero-order chi connectivity index (χ0) is 13.8. The zero-order valence-corrected chi connectivity index (χ0v) is 11.4. The van der Waals surface area contributed by atoms with Crippen LogP contribution in [0.4, 0.5) is 11.8 Å². The van der Waals surface area contributed by atoms with Gasteiger partial charge in [-0.3, -0.25) is 0 Å². The molecule has 0 amide bonds. The molecule has 0 spiro atoms. The van der Waals surface area contributed by atoms with Gasteiger partial charge in [-0.1, -0.05) is 0 Å². The number of anilines is 2. The number of nitrogen functional groups attached to an aromatic ring is 1. The number of nitrogens with two attached hydrogens (primary N) is 1. The third kappa shape index (κ3) is 3.12. The predicted octanol–water partition coefficient (Wildman–Crippen LogP) is 0.709. The fraction of sp³-hybridized carbons (Fsp3) is 0.417. The van der Waals surface area contributed by atoms with Gasteiger partial charge in [-0.25, -0.2) is 4.98 Å². The smallest absolute Gasteiger partial charge is 0.225 e. The highest BCUT2D eigenvalue weighted by molar-refractivity contribution is 5.44. The van der Waals surface area contributed by atoms with Gasteiger partial charge in [0.2, 0.25) is 11.8 Å². The summed E-state index contributed by atoms with van der Waals surface area (Å²) in [4.78, 5) is 14.3. The molecule has 7 nitrogen and oxygen atoms in total. The van der Waals surface area contributed by atoms with Gasteiger partial charge in [-0.05, 0) is 6.92 Å². The number of aryl methyl sites for hydroxylation is 1. The summed E-state index contributed by atoms with van der Waals surface area (Å²) in [6.07, 6.45) is 3.75. The van der Waals surface area contributed by atoms with Crippen LogP contribution in [0.15, 0.2) is 18.5 Å². The van der Waals surface area contributed by atoms with Gasteiger partial charge in [-0.15, -0.1) is 0 Å². The molecule has 2 rings (SSSR count). The van der Waals surface area contributed by atoms with Gasteiger partial charge < -0.3 is 19.9 Å². The van der Waals surface area contributed by atoms with Crippen molar-refractivity contribution in [3.63, 3.8) is 0 Å². The second-order valence-electron chi connectivity index (χ2n) is 4.22. The molecule has 2 heterocycles. The molecule has 0 radical (unpaired) electrons. The van der Waals surface area contributed by atoms with Crippen molar-refractivity contribution in [2.24, 2.45) is 0 Å². The van der Waals surface area contributed by atoms with Crippen LogP contribution < -0.4 is 15.4 Å². The van der Waals surface area contributed by atoms with Gasteiger partial charge >= 0.3 is 0 Å². The summed E-state index contributed by atoms with van der Waals surface area (Å²) in [7, 11) is 3.51. The van der Waals surface area contributed by atoms with E-state index in [0.717, 1.165) is 24.7 Å². The van der Waals surface area contributed by atoms with E-state index in [9.17, 15) is 0 Å². The first-order valence-electron chi connectivity index (χ1n) is 5.97. The molecule has 102 valence electrons. The number of aromatic nitrogens is 4. The Morgan fingerprint density at radius 1 is 1.42 bits per heavy atom. The lowest BCUT2D eigenvalue weighted by molar-refractivity contribution is 0.397. The van der Waals surface area contributed by atoms with Crippen molar-refractivity contribution < 1.29 is 4.74 Å². The molecule has 2 aromatic rings. The van der Waals surface area contributed by atoms with Gasteiger partial charge in [0.05, 0.1) is 7.11 Å². The van der Waals surface area contributed by atoms with Crippen molar-refractivity contribution in [3.8, 4) is 5.88 Å². The van der Waals surface area contributed by atoms with Crippen LogP contribution in [0, 0.1) is 6.92 Å². The first kappa shape index (κ1) is 13.1. The fourth-order valence-electron chi connectivity index (χ4n) is 1.74. The second kappa shape index (κ2) is 5.55. The summed E-state index contributed by atoms with van der Waals surface area (Å²) in [6.45, 7) is 3.59. The molecule has 0 aliphatic carbocycles. The van der Waals surface area contributed by atoms with E-state index in [-0.39, 0.29) is 5.95 Å². The molecule has 19 heavy (non-hydrogen) atoms. The molecule has 0 aliphatic heterocycles. The third-order valence-corrected chi connectivity index (χ3v) is 2.91. The van der Waals surface area contributed by atoms with E-state index in [0.29, 0.717) is 5.88 Å². The monoisotopic (exact) mass is 262 g/mol. The quantitative estimate of drug-likeness (QED) is 0.854. The predicted molar refractivity (Wildman–Crippen MR) is 73.2 cm³/mol. The summed E-state index contributed by atoms with van der Waals surface area (Å²) < 4.78 is 7.16. The molecular weight excluding hydrogens is 244 g/mol. The molecule has 0 saturated carbocycles. The van der Waals surface area contributed by atoms with Crippen molar-refractivity contribution in [1.29, 1.82) is 0 Å². The minimum absolute atomic E-state index is 0.208. The van der Waals surface area contributed by atoms with Crippen LogP contribution in [0.5, 0.6) is 5.88 Å². The van der Waals surface area contributed by atoms with Gasteiger partial charge in [0.25, 0.3) is 0 Å². The van der Waals surface area contributed by atoms with Crippen molar-refractivity contribution >= 4 is 11.8 Å². The van der Waals surface area contributed by atoms with Crippen LogP contribution in [0.1, 0.15) is 5.82 Å². The number of methoxy groups -OCH3 is 1. The highest BCUT2D eigenvalue weighted by Crippen LogP contribution is 2.17. The van der Waals surface area contributed by atoms with Crippen molar-refractivity contribution in [1.82, 2.24) is 19.5 Å². The second-order valence-corrected chi connectivity index (χ2v) is 4.22. The number of rotatable bonds is 5. The lowest BCUT2D eigenvalue weighted by Gasteiger charge is -2.19. The average Bonchev–Trinajstić information content (AvgIpc) is 2.80. The Morgan fingerprint density at radius 2 is 2.21 bits per heavy atom. The number of nitrogens with zero attached hydrogens (tertiary/aromatic N) is 5. The fourth-order valence-corrected chi connectivity index (χ4v) is 1.74. The standard InChI is InChI=1S/C12H18N6O/c1-9-14-4-5-18(9)7-6-17(2)10-8-11(19-3)16-12(13)15-10/h4-5,8H,6-7H2,1-3H3,(H2,13,15,16). The minimum atomic E-state index is 0.208. The van der Waals surface area contributed by atoms with E-state index < -0.39 is 0 Å². The van der Waals surface area contributed by atoms with Crippen molar-refractivity contribution in [3.05, 3.63) is 24.3 Å². The molecule has 0 saturated heterocycles. The lowest BCUT2D eigenvalue weighted by Crippen LogP contribution is -2.24. The summed E-state index contributed by atoms with van der Waals surface area (Å²) in [5.41, 5.74) is 5.64. The largest absolute Gasteiger partial charge is 0.481 e. The van der Waals surface area contributed by atoms with E-state index in [1.54, 1.807) is 19.4 Å². The third-order valence-electron chi connectivity index (χ3n) is 2.91. The Balaban J connectivity index is 2.05. The molecule has 7 heteroatoms. The number of likely N-dealkylation sites (N-methyl/N-ethyl adjacent to an activating group) is 1.